The number of fused-ring (bicyclic) bond motifs is 2. The Balaban J connectivity index is 1.26. The highest BCUT2D eigenvalue weighted by Crippen LogP contribution is 2.39. The molecule has 8 nitrogen and oxygen atoms in total. The van der Waals surface area contributed by atoms with Crippen molar-refractivity contribution in [3.8, 4) is 28.1 Å². The first-order valence-electron chi connectivity index (χ1n) is 12.5. The Bertz CT molecular complexity index is 1340. The number of aromatic hydroxyl groups is 1. The number of piperidine rings is 2. The van der Waals surface area contributed by atoms with Crippen molar-refractivity contribution in [2.24, 2.45) is 7.05 Å². The van der Waals surface area contributed by atoms with Crippen LogP contribution in [0.3, 0.4) is 0 Å². The first-order chi connectivity index (χ1) is 17.4. The summed E-state index contributed by atoms with van der Waals surface area (Å²) in [5.74, 6) is -0.341. The van der Waals surface area contributed by atoms with Crippen molar-refractivity contribution < 1.29 is 13.9 Å². The van der Waals surface area contributed by atoms with Crippen LogP contribution < -0.4 is 15.8 Å². The highest BCUT2D eigenvalue weighted by Gasteiger charge is 2.47. The van der Waals surface area contributed by atoms with Crippen LogP contribution in [0.5, 0.6) is 5.75 Å². The first-order valence-corrected chi connectivity index (χ1v) is 12.5. The van der Waals surface area contributed by atoms with Gasteiger partial charge in [-0.15, -0.1) is 10.2 Å². The number of rotatable bonds is 5. The van der Waals surface area contributed by atoms with Crippen molar-refractivity contribution in [1.29, 1.82) is 0 Å². The van der Waals surface area contributed by atoms with Gasteiger partial charge in [0.05, 0.1) is 12.2 Å². The van der Waals surface area contributed by atoms with Crippen LogP contribution >= 0.6 is 0 Å². The second-order valence-corrected chi connectivity index (χ2v) is 10.1. The molecule has 10 heteroatoms. The molecule has 0 radical (unpaired) electrons. The maximum Gasteiger partial charge on any atom is 0.253 e. The van der Waals surface area contributed by atoms with E-state index >= 15 is 4.39 Å². The highest BCUT2D eigenvalue weighted by atomic mass is 19.1. The molecule has 0 amide bonds. The summed E-state index contributed by atoms with van der Waals surface area (Å²) in [6, 6.07) is 7.48. The quantitative estimate of drug-likeness (QED) is 0.525. The number of pyridine rings is 1. The van der Waals surface area contributed by atoms with Gasteiger partial charge in [-0.1, -0.05) is 12.5 Å². The van der Waals surface area contributed by atoms with Gasteiger partial charge in [-0.05, 0) is 61.4 Å². The second kappa shape index (κ2) is 8.92. The molecule has 2 aliphatic heterocycles. The van der Waals surface area contributed by atoms with Crippen molar-refractivity contribution in [2.75, 3.05) is 4.90 Å². The van der Waals surface area contributed by atoms with E-state index in [-0.39, 0.29) is 23.9 Å². The molecular weight excluding hydrogens is 466 g/mol. The Morgan fingerprint density at radius 3 is 2.64 bits per heavy atom. The lowest BCUT2D eigenvalue weighted by molar-refractivity contribution is 0.103. The summed E-state index contributed by atoms with van der Waals surface area (Å²) < 4.78 is 30.3. The fraction of sp³-hybridized carbons (Fsp3) is 0.462. The number of hydrogen-bond donors (Lipinski definition) is 2. The number of phenolic OH excluding ortho intramolecular Hbond substituents is 1. The van der Waals surface area contributed by atoms with E-state index in [4.69, 9.17) is 0 Å². The lowest BCUT2D eigenvalue weighted by atomic mass is 9.82. The van der Waals surface area contributed by atoms with Crippen LogP contribution in [-0.4, -0.2) is 55.2 Å². The standard InChI is InChI=1S/C26H28F2N6O2/c1-33-23(27)10-15(11-24(33)36)14-5-8-18(22(35)9-14)20-13-29-26(32-31-20)34(17-6-7-17)21-12-16-3-2-4-19(30-16)25(21)28/h5,8-11,13,16-17,19,21,25,30,35H,2-4,6-7,12H2,1H3/t16-,19-,21+,25-/m0/s1. The molecule has 1 aliphatic carbocycles. The summed E-state index contributed by atoms with van der Waals surface area (Å²) >= 11 is 0. The smallest absolute Gasteiger partial charge is 0.253 e. The largest absolute Gasteiger partial charge is 0.507 e. The molecule has 1 saturated carbocycles. The number of benzene rings is 1. The summed E-state index contributed by atoms with van der Waals surface area (Å²) in [5, 5.41) is 22.8. The van der Waals surface area contributed by atoms with Gasteiger partial charge in [0, 0.05) is 36.8 Å². The maximum absolute atomic E-state index is 15.4. The minimum absolute atomic E-state index is 0.0912. The molecule has 2 N–H and O–H groups in total. The topological polar surface area (TPSA) is 96.2 Å². The minimum Gasteiger partial charge on any atom is -0.507 e. The molecule has 0 unspecified atom stereocenters. The van der Waals surface area contributed by atoms with E-state index < -0.39 is 17.7 Å². The van der Waals surface area contributed by atoms with E-state index in [0.717, 1.165) is 43.1 Å². The van der Waals surface area contributed by atoms with Gasteiger partial charge in [0.15, 0.2) is 5.95 Å². The van der Waals surface area contributed by atoms with Gasteiger partial charge in [-0.2, -0.15) is 4.39 Å². The third kappa shape index (κ3) is 4.13. The van der Waals surface area contributed by atoms with Crippen LogP contribution in [0.1, 0.15) is 38.5 Å². The van der Waals surface area contributed by atoms with E-state index in [0.29, 0.717) is 34.4 Å². The second-order valence-electron chi connectivity index (χ2n) is 10.1. The predicted octanol–water partition coefficient (Wildman–Crippen LogP) is 3.34. The minimum atomic E-state index is -0.985. The van der Waals surface area contributed by atoms with Gasteiger partial charge in [0.1, 0.15) is 17.6 Å². The van der Waals surface area contributed by atoms with E-state index in [1.165, 1.54) is 25.2 Å². The van der Waals surface area contributed by atoms with Crippen LogP contribution in [0, 0.1) is 5.95 Å². The SMILES string of the molecule is Cn1c(F)cc(-c2ccc(-c3cnc(N(C4CC4)[C@@H]4C[C@@H]5CCC[C@H](N5)[C@@H]4F)nn3)c(O)c2)cc1=O. The predicted molar refractivity (Wildman–Crippen MR) is 131 cm³/mol. The molecule has 36 heavy (non-hydrogen) atoms. The van der Waals surface area contributed by atoms with Crippen LogP contribution in [0.15, 0.2) is 41.3 Å². The zero-order valence-electron chi connectivity index (χ0n) is 19.9. The average molecular weight is 495 g/mol. The Morgan fingerprint density at radius 1 is 1.11 bits per heavy atom. The van der Waals surface area contributed by atoms with Gasteiger partial charge < -0.3 is 15.3 Å². The number of alkyl halides is 1. The number of phenols is 1. The molecule has 3 aromatic rings. The van der Waals surface area contributed by atoms with Crippen LogP contribution in [0.2, 0.25) is 0 Å². The van der Waals surface area contributed by atoms with E-state index in [1.807, 2.05) is 4.90 Å². The number of nitrogens with zero attached hydrogens (tertiary/aromatic N) is 5. The normalized spacial score (nSPS) is 25.5. The molecule has 3 fully saturated rings. The molecule has 2 saturated heterocycles. The van der Waals surface area contributed by atoms with E-state index in [9.17, 15) is 14.3 Å². The average Bonchev–Trinajstić information content (AvgIpc) is 3.71. The lowest BCUT2D eigenvalue weighted by Crippen LogP contribution is -2.62. The third-order valence-electron chi connectivity index (χ3n) is 7.69. The Morgan fingerprint density at radius 2 is 1.94 bits per heavy atom. The number of nitrogens with one attached hydrogen (secondary N) is 1. The zero-order valence-corrected chi connectivity index (χ0v) is 19.9. The summed E-state index contributed by atoms with van der Waals surface area (Å²) in [6.45, 7) is 0. The molecule has 0 spiro atoms. The Kier molecular flexibility index (Phi) is 5.70. The molecule has 2 aromatic heterocycles. The van der Waals surface area contributed by atoms with Crippen molar-refractivity contribution in [1.82, 2.24) is 25.1 Å². The third-order valence-corrected chi connectivity index (χ3v) is 7.69. The van der Waals surface area contributed by atoms with Crippen LogP contribution in [0.25, 0.3) is 22.4 Å². The summed E-state index contributed by atoms with van der Waals surface area (Å²) in [6.07, 6.45) is 6.24. The molecule has 4 atom stereocenters. The van der Waals surface area contributed by atoms with Gasteiger partial charge in [0.2, 0.25) is 5.95 Å². The maximum atomic E-state index is 15.4. The van der Waals surface area contributed by atoms with E-state index in [2.05, 4.69) is 20.5 Å². The van der Waals surface area contributed by atoms with Crippen LogP contribution in [0.4, 0.5) is 14.7 Å². The molecule has 3 aliphatic rings. The van der Waals surface area contributed by atoms with Gasteiger partial charge >= 0.3 is 0 Å². The number of halogens is 2. The monoisotopic (exact) mass is 494 g/mol. The molecule has 188 valence electrons. The summed E-state index contributed by atoms with van der Waals surface area (Å²) in [4.78, 5) is 18.5. The summed E-state index contributed by atoms with van der Waals surface area (Å²) in [5.41, 5.74) is 1.16. The summed E-state index contributed by atoms with van der Waals surface area (Å²) in [7, 11) is 1.35. The molecular formula is C26H28F2N6O2. The zero-order chi connectivity index (χ0) is 25.0. The fourth-order valence-electron chi connectivity index (χ4n) is 5.59. The van der Waals surface area contributed by atoms with Gasteiger partial charge in [-0.3, -0.25) is 9.36 Å². The van der Waals surface area contributed by atoms with Gasteiger partial charge in [0.25, 0.3) is 5.56 Å². The molecule has 6 rings (SSSR count). The van der Waals surface area contributed by atoms with Crippen molar-refractivity contribution >= 4 is 5.95 Å². The van der Waals surface area contributed by atoms with Crippen molar-refractivity contribution in [2.45, 2.75) is 68.9 Å². The number of hydrogen-bond acceptors (Lipinski definition) is 7. The Hall–Kier alpha value is -3.40. The molecule has 4 heterocycles. The van der Waals surface area contributed by atoms with Gasteiger partial charge in [-0.25, -0.2) is 9.37 Å². The van der Waals surface area contributed by atoms with E-state index in [1.54, 1.807) is 18.3 Å². The lowest BCUT2D eigenvalue weighted by Gasteiger charge is -2.46. The molecule has 2 bridgehead atoms. The molecule has 1 aromatic carbocycles. The van der Waals surface area contributed by atoms with Crippen molar-refractivity contribution in [3.05, 3.63) is 52.8 Å². The Labute approximate surface area is 207 Å². The number of aromatic nitrogens is 4. The number of anilines is 1. The highest BCUT2D eigenvalue weighted by molar-refractivity contribution is 5.73. The fourth-order valence-corrected chi connectivity index (χ4v) is 5.59. The first kappa shape index (κ1) is 23.0. The van der Waals surface area contributed by atoms with Crippen LogP contribution in [-0.2, 0) is 7.05 Å². The van der Waals surface area contributed by atoms with Crippen molar-refractivity contribution in [3.63, 3.8) is 0 Å².